The minimum Gasteiger partial charge on any atom is -0.478 e. The van der Waals surface area contributed by atoms with E-state index in [1.165, 1.54) is 13.8 Å². The molecule has 0 spiro atoms. The molecule has 0 atom stereocenters. The minimum atomic E-state index is -1.08. The Morgan fingerprint density at radius 1 is 1.29 bits per heavy atom. The number of carboxylic acid groups (broad SMARTS) is 1. The Labute approximate surface area is 83.0 Å². The lowest BCUT2D eigenvalue weighted by atomic mass is 10.1. The SMILES string of the molecule is CC#CCNC(=O)/C(C)=C(\C)C(=O)O. The second kappa shape index (κ2) is 5.81. The average Bonchev–Trinajstić information content (AvgIpc) is 2.15. The largest absolute Gasteiger partial charge is 0.478 e. The van der Waals surface area contributed by atoms with Crippen LogP contribution >= 0.6 is 0 Å². The molecular weight excluding hydrogens is 182 g/mol. The zero-order valence-corrected chi connectivity index (χ0v) is 8.47. The van der Waals surface area contributed by atoms with Crippen LogP contribution in [-0.2, 0) is 9.59 Å². The second-order valence-corrected chi connectivity index (χ2v) is 2.66. The number of amides is 1. The molecule has 4 heteroatoms. The second-order valence-electron chi connectivity index (χ2n) is 2.66. The van der Waals surface area contributed by atoms with Crippen molar-refractivity contribution >= 4 is 11.9 Å². The highest BCUT2D eigenvalue weighted by Crippen LogP contribution is 2.02. The van der Waals surface area contributed by atoms with Crippen molar-refractivity contribution in [1.82, 2.24) is 5.32 Å². The summed E-state index contributed by atoms with van der Waals surface area (Å²) < 4.78 is 0. The zero-order valence-electron chi connectivity index (χ0n) is 8.47. The molecule has 0 saturated carbocycles. The standard InChI is InChI=1S/C10H13NO3/c1-4-5-6-11-9(12)7(2)8(3)10(13)14/h6H2,1-3H3,(H,11,12)(H,13,14)/b8-7+. The maximum absolute atomic E-state index is 11.3. The van der Waals surface area contributed by atoms with Crippen LogP contribution in [0.4, 0.5) is 0 Å². The van der Waals surface area contributed by atoms with Gasteiger partial charge in [0.1, 0.15) is 0 Å². The fourth-order valence-corrected chi connectivity index (χ4v) is 0.676. The lowest BCUT2D eigenvalue weighted by Gasteiger charge is -2.03. The number of nitrogens with one attached hydrogen (secondary N) is 1. The summed E-state index contributed by atoms with van der Waals surface area (Å²) in [5, 5.41) is 11.1. The Kier molecular flexibility index (Phi) is 5.08. The predicted molar refractivity (Wildman–Crippen MR) is 52.5 cm³/mol. The van der Waals surface area contributed by atoms with Crippen LogP contribution in [0, 0.1) is 11.8 Å². The highest BCUT2D eigenvalue weighted by Gasteiger charge is 2.11. The number of rotatable bonds is 3. The number of carbonyl (C=O) groups excluding carboxylic acids is 1. The van der Waals surface area contributed by atoms with E-state index in [-0.39, 0.29) is 17.7 Å². The van der Waals surface area contributed by atoms with Crippen molar-refractivity contribution in [2.75, 3.05) is 6.54 Å². The Morgan fingerprint density at radius 3 is 2.29 bits per heavy atom. The number of carbonyl (C=O) groups is 2. The average molecular weight is 195 g/mol. The predicted octanol–water partition coefficient (Wildman–Crippen LogP) is 0.547. The molecule has 0 aromatic heterocycles. The molecule has 0 heterocycles. The smallest absolute Gasteiger partial charge is 0.331 e. The van der Waals surface area contributed by atoms with Gasteiger partial charge in [0.2, 0.25) is 5.91 Å². The van der Waals surface area contributed by atoms with Gasteiger partial charge >= 0.3 is 5.97 Å². The number of hydrogen-bond donors (Lipinski definition) is 2. The third-order valence-electron chi connectivity index (χ3n) is 1.74. The number of carboxylic acids is 1. The van der Waals surface area contributed by atoms with Crippen LogP contribution in [-0.4, -0.2) is 23.5 Å². The summed E-state index contributed by atoms with van der Waals surface area (Å²) >= 11 is 0. The molecule has 0 radical (unpaired) electrons. The minimum absolute atomic E-state index is 0.0481. The van der Waals surface area contributed by atoms with Gasteiger partial charge in [-0.2, -0.15) is 0 Å². The molecule has 0 rings (SSSR count). The van der Waals surface area contributed by atoms with Gasteiger partial charge < -0.3 is 10.4 Å². The molecule has 0 aromatic carbocycles. The Hall–Kier alpha value is -1.76. The van der Waals surface area contributed by atoms with Gasteiger partial charge in [0.05, 0.1) is 6.54 Å². The van der Waals surface area contributed by atoms with Gasteiger partial charge in [-0.15, -0.1) is 5.92 Å². The van der Waals surface area contributed by atoms with Crippen LogP contribution in [0.5, 0.6) is 0 Å². The summed E-state index contributed by atoms with van der Waals surface area (Å²) in [6.45, 7) is 4.76. The van der Waals surface area contributed by atoms with E-state index >= 15 is 0 Å². The van der Waals surface area contributed by atoms with E-state index in [0.717, 1.165) is 0 Å². The maximum atomic E-state index is 11.3. The van der Waals surface area contributed by atoms with Gasteiger partial charge in [0.25, 0.3) is 0 Å². The van der Waals surface area contributed by atoms with E-state index in [1.54, 1.807) is 6.92 Å². The summed E-state index contributed by atoms with van der Waals surface area (Å²) in [6.07, 6.45) is 0. The van der Waals surface area contributed by atoms with Crippen LogP contribution in [0.2, 0.25) is 0 Å². The van der Waals surface area contributed by atoms with E-state index < -0.39 is 11.9 Å². The van der Waals surface area contributed by atoms with Crippen molar-refractivity contribution in [3.8, 4) is 11.8 Å². The fraction of sp³-hybridized carbons (Fsp3) is 0.400. The first-order valence-corrected chi connectivity index (χ1v) is 4.09. The van der Waals surface area contributed by atoms with Gasteiger partial charge in [0, 0.05) is 11.1 Å². The number of aliphatic carboxylic acids is 1. The van der Waals surface area contributed by atoms with Crippen molar-refractivity contribution in [1.29, 1.82) is 0 Å². The van der Waals surface area contributed by atoms with Crippen molar-refractivity contribution in [2.45, 2.75) is 20.8 Å². The first kappa shape index (κ1) is 12.2. The Morgan fingerprint density at radius 2 is 1.86 bits per heavy atom. The summed E-state index contributed by atoms with van der Waals surface area (Å²) in [7, 11) is 0. The molecule has 0 fully saturated rings. The van der Waals surface area contributed by atoms with Gasteiger partial charge in [-0.25, -0.2) is 4.79 Å². The molecular formula is C10H13NO3. The lowest BCUT2D eigenvalue weighted by Crippen LogP contribution is -2.25. The normalized spacial score (nSPS) is 10.8. The van der Waals surface area contributed by atoms with Gasteiger partial charge in [-0.05, 0) is 20.8 Å². The van der Waals surface area contributed by atoms with Gasteiger partial charge in [0.15, 0.2) is 0 Å². The molecule has 4 nitrogen and oxygen atoms in total. The van der Waals surface area contributed by atoms with Crippen molar-refractivity contribution in [3.05, 3.63) is 11.1 Å². The van der Waals surface area contributed by atoms with E-state index in [1.807, 2.05) is 0 Å². The Balaban J connectivity index is 4.44. The Bertz CT molecular complexity index is 331. The topological polar surface area (TPSA) is 66.4 Å². The molecule has 0 bridgehead atoms. The maximum Gasteiger partial charge on any atom is 0.331 e. The molecule has 0 saturated heterocycles. The van der Waals surface area contributed by atoms with E-state index in [4.69, 9.17) is 5.11 Å². The van der Waals surface area contributed by atoms with Crippen LogP contribution < -0.4 is 5.32 Å². The van der Waals surface area contributed by atoms with Gasteiger partial charge in [-0.1, -0.05) is 5.92 Å². The lowest BCUT2D eigenvalue weighted by molar-refractivity contribution is -0.133. The summed E-state index contributed by atoms with van der Waals surface area (Å²) in [6, 6.07) is 0. The van der Waals surface area contributed by atoms with E-state index in [9.17, 15) is 9.59 Å². The highest BCUT2D eigenvalue weighted by atomic mass is 16.4. The molecule has 2 N–H and O–H groups in total. The molecule has 0 aromatic rings. The molecule has 0 aliphatic rings. The van der Waals surface area contributed by atoms with Crippen LogP contribution in [0.1, 0.15) is 20.8 Å². The monoisotopic (exact) mass is 195 g/mol. The van der Waals surface area contributed by atoms with E-state index in [0.29, 0.717) is 0 Å². The van der Waals surface area contributed by atoms with Gasteiger partial charge in [-0.3, -0.25) is 4.79 Å². The quantitative estimate of drug-likeness (QED) is 0.510. The first-order chi connectivity index (χ1) is 6.50. The molecule has 0 aliphatic carbocycles. The summed E-state index contributed by atoms with van der Waals surface area (Å²) in [5.74, 6) is 3.79. The zero-order chi connectivity index (χ0) is 11.1. The van der Waals surface area contributed by atoms with Crippen molar-refractivity contribution in [3.63, 3.8) is 0 Å². The molecule has 14 heavy (non-hydrogen) atoms. The summed E-state index contributed by atoms with van der Waals surface area (Å²) in [4.78, 5) is 21.8. The van der Waals surface area contributed by atoms with E-state index in [2.05, 4.69) is 17.2 Å². The molecule has 0 aliphatic heterocycles. The van der Waals surface area contributed by atoms with Crippen LogP contribution in [0.25, 0.3) is 0 Å². The first-order valence-electron chi connectivity index (χ1n) is 4.09. The fourth-order valence-electron chi connectivity index (χ4n) is 0.676. The third kappa shape index (κ3) is 3.76. The molecule has 76 valence electrons. The van der Waals surface area contributed by atoms with Crippen molar-refractivity contribution < 1.29 is 14.7 Å². The third-order valence-corrected chi connectivity index (χ3v) is 1.74. The van der Waals surface area contributed by atoms with Crippen molar-refractivity contribution in [2.24, 2.45) is 0 Å². The van der Waals surface area contributed by atoms with Crippen LogP contribution in [0.3, 0.4) is 0 Å². The number of hydrogen-bond acceptors (Lipinski definition) is 2. The summed E-state index contributed by atoms with van der Waals surface area (Å²) in [5.41, 5.74) is 0.252. The highest BCUT2D eigenvalue weighted by molar-refractivity contribution is 6.01. The molecule has 1 amide bonds. The molecule has 0 unspecified atom stereocenters. The van der Waals surface area contributed by atoms with Crippen LogP contribution in [0.15, 0.2) is 11.1 Å².